The fraction of sp³-hybridized carbons (Fsp3) is 0.368. The molecule has 5 heteroatoms. The van der Waals surface area contributed by atoms with E-state index in [-0.39, 0.29) is 6.54 Å². The minimum atomic E-state index is -0.945. The van der Waals surface area contributed by atoms with Gasteiger partial charge in [0.15, 0.2) is 0 Å². The second-order valence-corrected chi connectivity index (χ2v) is 6.80. The van der Waals surface area contributed by atoms with Gasteiger partial charge in [0.2, 0.25) is 0 Å². The predicted molar refractivity (Wildman–Crippen MR) is 93.0 cm³/mol. The van der Waals surface area contributed by atoms with Gasteiger partial charge in [0.05, 0.1) is 5.92 Å². The molecule has 0 aliphatic heterocycles. The lowest BCUT2D eigenvalue weighted by Gasteiger charge is -2.21. The average molecular weight is 329 g/mol. The van der Waals surface area contributed by atoms with E-state index >= 15 is 0 Å². The Bertz CT molecular complexity index is 733. The first-order valence-corrected chi connectivity index (χ1v) is 7.92. The molecular formula is C19H23NO4. The Hall–Kier alpha value is -2.56. The molecule has 0 heterocycles. The third kappa shape index (κ3) is 5.26. The highest BCUT2D eigenvalue weighted by atomic mass is 16.6. The molecule has 0 saturated carbocycles. The van der Waals surface area contributed by atoms with Crippen LogP contribution in [0.2, 0.25) is 0 Å². The molecule has 0 radical (unpaired) electrons. The first-order valence-electron chi connectivity index (χ1n) is 7.92. The largest absolute Gasteiger partial charge is 0.481 e. The van der Waals surface area contributed by atoms with E-state index in [4.69, 9.17) is 4.74 Å². The van der Waals surface area contributed by atoms with Gasteiger partial charge in [-0.25, -0.2) is 4.79 Å². The molecule has 0 aromatic heterocycles. The van der Waals surface area contributed by atoms with Crippen molar-refractivity contribution in [1.82, 2.24) is 5.32 Å². The molecule has 5 nitrogen and oxygen atoms in total. The van der Waals surface area contributed by atoms with Gasteiger partial charge in [0.1, 0.15) is 5.60 Å². The average Bonchev–Trinajstić information content (AvgIpc) is 2.49. The summed E-state index contributed by atoms with van der Waals surface area (Å²) in [6, 6.07) is 13.8. The molecule has 0 bridgehead atoms. The van der Waals surface area contributed by atoms with Gasteiger partial charge in [-0.15, -0.1) is 0 Å². The maximum atomic E-state index is 11.7. The molecule has 0 fully saturated rings. The summed E-state index contributed by atoms with van der Waals surface area (Å²) in [6.07, 6.45) is -0.261. The topological polar surface area (TPSA) is 75.6 Å². The molecule has 1 atom stereocenters. The highest BCUT2D eigenvalue weighted by molar-refractivity contribution is 5.83. The van der Waals surface area contributed by atoms with E-state index in [0.717, 1.165) is 16.3 Å². The van der Waals surface area contributed by atoms with E-state index in [1.54, 1.807) is 20.8 Å². The minimum Gasteiger partial charge on any atom is -0.481 e. The fourth-order valence-corrected chi connectivity index (χ4v) is 2.42. The predicted octanol–water partition coefficient (Wildman–Crippen LogP) is 3.61. The van der Waals surface area contributed by atoms with Gasteiger partial charge >= 0.3 is 12.1 Å². The second-order valence-electron chi connectivity index (χ2n) is 6.80. The summed E-state index contributed by atoms with van der Waals surface area (Å²) in [5.74, 6) is -1.65. The number of ether oxygens (including phenoxy) is 1. The van der Waals surface area contributed by atoms with Crippen molar-refractivity contribution in [2.24, 2.45) is 5.92 Å². The normalized spacial score (nSPS) is 12.6. The second kappa shape index (κ2) is 7.34. The zero-order chi connectivity index (χ0) is 17.7. The molecule has 2 rings (SSSR count). The smallest absolute Gasteiger partial charge is 0.407 e. The first kappa shape index (κ1) is 17.8. The number of alkyl carbamates (subject to hydrolysis) is 1. The molecule has 0 unspecified atom stereocenters. The Morgan fingerprint density at radius 3 is 2.42 bits per heavy atom. The lowest BCUT2D eigenvalue weighted by molar-refractivity contribution is -0.141. The summed E-state index contributed by atoms with van der Waals surface area (Å²) in [5.41, 5.74) is 0.313. The van der Waals surface area contributed by atoms with E-state index in [1.807, 2.05) is 42.5 Å². The van der Waals surface area contributed by atoms with Crippen LogP contribution in [0.15, 0.2) is 42.5 Å². The number of rotatable bonds is 5. The maximum Gasteiger partial charge on any atom is 0.407 e. The minimum absolute atomic E-state index is 0.0249. The molecule has 0 aliphatic carbocycles. The molecule has 2 N–H and O–H groups in total. The molecular weight excluding hydrogens is 306 g/mol. The molecule has 0 saturated heterocycles. The van der Waals surface area contributed by atoms with Crippen LogP contribution in [-0.2, 0) is 16.0 Å². The standard InChI is InChI=1S/C19H23NO4/c1-19(2,3)24-18(23)20-12-16(17(21)22)11-13-8-9-14-6-4-5-7-15(14)10-13/h4-10,16H,11-12H2,1-3H3,(H,20,23)(H,21,22)/t16-/m1/s1. The van der Waals surface area contributed by atoms with E-state index in [9.17, 15) is 14.7 Å². The van der Waals surface area contributed by atoms with E-state index < -0.39 is 23.6 Å². The van der Waals surface area contributed by atoms with Crippen molar-refractivity contribution in [1.29, 1.82) is 0 Å². The van der Waals surface area contributed by atoms with E-state index in [0.29, 0.717) is 6.42 Å². The van der Waals surface area contributed by atoms with Crippen LogP contribution in [0, 0.1) is 5.92 Å². The summed E-state index contributed by atoms with van der Waals surface area (Å²) in [7, 11) is 0. The number of hydrogen-bond acceptors (Lipinski definition) is 3. The van der Waals surface area contributed by atoms with Gasteiger partial charge in [-0.2, -0.15) is 0 Å². The molecule has 24 heavy (non-hydrogen) atoms. The third-order valence-electron chi connectivity index (χ3n) is 3.54. The van der Waals surface area contributed by atoms with Crippen molar-refractivity contribution in [2.75, 3.05) is 6.54 Å². The van der Waals surface area contributed by atoms with Crippen LogP contribution in [0.1, 0.15) is 26.3 Å². The zero-order valence-corrected chi connectivity index (χ0v) is 14.2. The van der Waals surface area contributed by atoms with Crippen LogP contribution in [0.3, 0.4) is 0 Å². The summed E-state index contributed by atoms with van der Waals surface area (Å²) in [5, 5.41) is 14.1. The van der Waals surface area contributed by atoms with Gasteiger partial charge in [0, 0.05) is 6.54 Å². The highest BCUT2D eigenvalue weighted by Crippen LogP contribution is 2.18. The molecule has 2 aromatic rings. The van der Waals surface area contributed by atoms with Crippen LogP contribution in [0.5, 0.6) is 0 Å². The highest BCUT2D eigenvalue weighted by Gasteiger charge is 2.21. The maximum absolute atomic E-state index is 11.7. The van der Waals surface area contributed by atoms with Crippen molar-refractivity contribution < 1.29 is 19.4 Å². The zero-order valence-electron chi connectivity index (χ0n) is 14.2. The number of hydrogen-bond donors (Lipinski definition) is 2. The van der Waals surface area contributed by atoms with Gasteiger partial charge in [-0.05, 0) is 43.5 Å². The molecule has 0 aliphatic rings. The van der Waals surface area contributed by atoms with E-state index in [1.165, 1.54) is 0 Å². The van der Waals surface area contributed by atoms with Crippen molar-refractivity contribution in [3.8, 4) is 0 Å². The molecule has 2 aromatic carbocycles. The van der Waals surface area contributed by atoms with Gasteiger partial charge < -0.3 is 15.2 Å². The lowest BCUT2D eigenvalue weighted by Crippen LogP contribution is -2.37. The lowest BCUT2D eigenvalue weighted by atomic mass is 9.97. The van der Waals surface area contributed by atoms with Crippen molar-refractivity contribution in [3.05, 3.63) is 48.0 Å². The first-order chi connectivity index (χ1) is 11.2. The van der Waals surface area contributed by atoms with Gasteiger partial charge in [-0.1, -0.05) is 42.5 Å². The summed E-state index contributed by atoms with van der Waals surface area (Å²) in [4.78, 5) is 23.2. The van der Waals surface area contributed by atoms with Crippen LogP contribution < -0.4 is 5.32 Å². The summed E-state index contributed by atoms with van der Waals surface area (Å²) < 4.78 is 5.13. The molecule has 128 valence electrons. The Kier molecular flexibility index (Phi) is 5.44. The van der Waals surface area contributed by atoms with Gasteiger partial charge in [0.25, 0.3) is 0 Å². The fourth-order valence-electron chi connectivity index (χ4n) is 2.42. The Balaban J connectivity index is 2.02. The number of carboxylic acids is 1. The number of aliphatic carboxylic acids is 1. The van der Waals surface area contributed by atoms with Crippen LogP contribution in [-0.4, -0.2) is 29.3 Å². The van der Waals surface area contributed by atoms with Crippen molar-refractivity contribution in [3.63, 3.8) is 0 Å². The number of amides is 1. The van der Waals surface area contributed by atoms with Crippen LogP contribution in [0.4, 0.5) is 4.79 Å². The third-order valence-corrected chi connectivity index (χ3v) is 3.54. The Morgan fingerprint density at radius 1 is 1.12 bits per heavy atom. The van der Waals surface area contributed by atoms with Gasteiger partial charge in [-0.3, -0.25) is 4.79 Å². The summed E-state index contributed by atoms with van der Waals surface area (Å²) >= 11 is 0. The number of benzene rings is 2. The van der Waals surface area contributed by atoms with Crippen LogP contribution >= 0.6 is 0 Å². The molecule has 1 amide bonds. The Morgan fingerprint density at radius 2 is 1.79 bits per heavy atom. The summed E-state index contributed by atoms with van der Waals surface area (Å²) in [6.45, 7) is 5.31. The van der Waals surface area contributed by atoms with Crippen molar-refractivity contribution >= 4 is 22.8 Å². The van der Waals surface area contributed by atoms with Crippen LogP contribution in [0.25, 0.3) is 10.8 Å². The number of fused-ring (bicyclic) bond motifs is 1. The number of carbonyl (C=O) groups is 2. The monoisotopic (exact) mass is 329 g/mol. The number of nitrogens with one attached hydrogen (secondary N) is 1. The number of carboxylic acid groups (broad SMARTS) is 1. The van der Waals surface area contributed by atoms with E-state index in [2.05, 4.69) is 5.32 Å². The number of carbonyl (C=O) groups excluding carboxylic acids is 1. The Labute approximate surface area is 141 Å². The molecule has 0 spiro atoms. The quantitative estimate of drug-likeness (QED) is 0.878. The van der Waals surface area contributed by atoms with Crippen molar-refractivity contribution in [2.45, 2.75) is 32.8 Å². The SMILES string of the molecule is CC(C)(C)OC(=O)NC[C@@H](Cc1ccc2ccccc2c1)C(=O)O.